The molecule has 0 bridgehead atoms. The fourth-order valence-electron chi connectivity index (χ4n) is 2.62. The lowest BCUT2D eigenvalue weighted by Gasteiger charge is -2.28. The van der Waals surface area contributed by atoms with Gasteiger partial charge in [-0.25, -0.2) is 9.97 Å². The molecule has 0 saturated heterocycles. The van der Waals surface area contributed by atoms with Crippen LogP contribution in [0, 0.1) is 5.92 Å². The molecule has 1 aliphatic heterocycles. The molecule has 21 heavy (non-hydrogen) atoms. The van der Waals surface area contributed by atoms with Gasteiger partial charge in [-0.15, -0.1) is 0 Å². The van der Waals surface area contributed by atoms with Crippen LogP contribution >= 0.6 is 0 Å². The van der Waals surface area contributed by atoms with Gasteiger partial charge in [0.15, 0.2) is 5.82 Å². The van der Waals surface area contributed by atoms with Crippen LogP contribution in [0.4, 0.5) is 0 Å². The van der Waals surface area contributed by atoms with Crippen molar-refractivity contribution in [1.82, 2.24) is 19.9 Å². The van der Waals surface area contributed by atoms with Crippen molar-refractivity contribution >= 4 is 0 Å². The van der Waals surface area contributed by atoms with Crippen LogP contribution in [0.3, 0.4) is 0 Å². The maximum absolute atomic E-state index is 4.77. The van der Waals surface area contributed by atoms with Gasteiger partial charge in [-0.3, -0.25) is 9.88 Å². The Morgan fingerprint density at radius 2 is 2.19 bits per heavy atom. The predicted octanol–water partition coefficient (Wildman–Crippen LogP) is 2.94. The van der Waals surface area contributed by atoms with Crippen molar-refractivity contribution in [3.05, 3.63) is 42.0 Å². The normalized spacial score (nSPS) is 15.2. The molecule has 0 spiro atoms. The summed E-state index contributed by atoms with van der Waals surface area (Å²) in [5.74, 6) is 1.54. The molecule has 0 radical (unpaired) electrons. The smallest absolute Gasteiger partial charge is 0.160 e. The van der Waals surface area contributed by atoms with Gasteiger partial charge >= 0.3 is 0 Å². The Balaban J connectivity index is 1.77. The number of fused-ring (bicyclic) bond motifs is 1. The Bertz CT molecular complexity index is 595. The molecule has 1 aliphatic rings. The van der Waals surface area contributed by atoms with Crippen LogP contribution in [0.5, 0.6) is 0 Å². The summed E-state index contributed by atoms with van der Waals surface area (Å²) in [6.07, 6.45) is 7.89. The van der Waals surface area contributed by atoms with E-state index < -0.39 is 0 Å². The second-order valence-corrected chi connectivity index (χ2v) is 6.12. The minimum absolute atomic E-state index is 0.753. The molecule has 2 aromatic rings. The molecular formula is C17H22N4. The quantitative estimate of drug-likeness (QED) is 0.864. The summed E-state index contributed by atoms with van der Waals surface area (Å²) in [4.78, 5) is 15.9. The lowest BCUT2D eigenvalue weighted by atomic mass is 10.0. The highest BCUT2D eigenvalue weighted by Crippen LogP contribution is 2.20. The van der Waals surface area contributed by atoms with Gasteiger partial charge in [0.25, 0.3) is 0 Å². The predicted molar refractivity (Wildman–Crippen MR) is 83.7 cm³/mol. The molecular weight excluding hydrogens is 260 g/mol. The Morgan fingerprint density at radius 3 is 2.95 bits per heavy atom. The Morgan fingerprint density at radius 1 is 1.29 bits per heavy atom. The molecule has 0 unspecified atom stereocenters. The third kappa shape index (κ3) is 3.45. The summed E-state index contributed by atoms with van der Waals surface area (Å²) in [5, 5.41) is 0. The van der Waals surface area contributed by atoms with Gasteiger partial charge in [-0.2, -0.15) is 0 Å². The topological polar surface area (TPSA) is 41.9 Å². The third-order valence-electron chi connectivity index (χ3n) is 3.97. The van der Waals surface area contributed by atoms with Crippen molar-refractivity contribution in [1.29, 1.82) is 0 Å². The summed E-state index contributed by atoms with van der Waals surface area (Å²) in [7, 11) is 0. The minimum atomic E-state index is 0.753. The lowest BCUT2D eigenvalue weighted by Crippen LogP contribution is -2.32. The maximum Gasteiger partial charge on any atom is 0.160 e. The lowest BCUT2D eigenvalue weighted by molar-refractivity contribution is 0.235. The molecule has 0 N–H and O–H groups in total. The highest BCUT2D eigenvalue weighted by molar-refractivity contribution is 5.53. The van der Waals surface area contributed by atoms with Crippen LogP contribution in [0.2, 0.25) is 0 Å². The van der Waals surface area contributed by atoms with E-state index in [9.17, 15) is 0 Å². The molecule has 2 aromatic heterocycles. The van der Waals surface area contributed by atoms with Crippen molar-refractivity contribution < 1.29 is 0 Å². The number of hydrogen-bond acceptors (Lipinski definition) is 4. The van der Waals surface area contributed by atoms with E-state index in [2.05, 4.69) is 28.7 Å². The number of rotatable bonds is 4. The van der Waals surface area contributed by atoms with E-state index in [0.29, 0.717) is 0 Å². The highest BCUT2D eigenvalue weighted by atomic mass is 15.1. The first-order chi connectivity index (χ1) is 10.2. The molecule has 0 amide bonds. The highest BCUT2D eigenvalue weighted by Gasteiger charge is 2.18. The Labute approximate surface area is 126 Å². The van der Waals surface area contributed by atoms with Gasteiger partial charge in [0.1, 0.15) is 0 Å². The van der Waals surface area contributed by atoms with Crippen LogP contribution in [0.15, 0.2) is 30.7 Å². The largest absolute Gasteiger partial charge is 0.297 e. The monoisotopic (exact) mass is 282 g/mol. The zero-order valence-electron chi connectivity index (χ0n) is 12.8. The SMILES string of the molecule is CC(C)CCN1CCc2cnc(-c3cccnc3)nc2C1. The van der Waals surface area contributed by atoms with E-state index in [4.69, 9.17) is 4.98 Å². The summed E-state index contributed by atoms with van der Waals surface area (Å²) in [6, 6.07) is 3.93. The molecule has 110 valence electrons. The van der Waals surface area contributed by atoms with E-state index in [1.165, 1.54) is 17.7 Å². The molecule has 3 rings (SSSR count). The second kappa shape index (κ2) is 6.31. The van der Waals surface area contributed by atoms with Crippen LogP contribution in [-0.2, 0) is 13.0 Å². The van der Waals surface area contributed by atoms with E-state index in [1.807, 2.05) is 24.5 Å². The van der Waals surface area contributed by atoms with Gasteiger partial charge in [-0.1, -0.05) is 13.8 Å². The summed E-state index contributed by atoms with van der Waals surface area (Å²) < 4.78 is 0. The summed E-state index contributed by atoms with van der Waals surface area (Å²) in [5.41, 5.74) is 3.46. The third-order valence-corrected chi connectivity index (χ3v) is 3.97. The van der Waals surface area contributed by atoms with E-state index >= 15 is 0 Å². The van der Waals surface area contributed by atoms with Crippen LogP contribution in [-0.4, -0.2) is 32.9 Å². The summed E-state index contributed by atoms with van der Waals surface area (Å²) >= 11 is 0. The molecule has 3 heterocycles. The van der Waals surface area contributed by atoms with Gasteiger partial charge in [0.2, 0.25) is 0 Å². The number of aromatic nitrogens is 3. The van der Waals surface area contributed by atoms with Crippen molar-refractivity contribution in [2.45, 2.75) is 33.2 Å². The van der Waals surface area contributed by atoms with Crippen molar-refractivity contribution in [2.24, 2.45) is 5.92 Å². The van der Waals surface area contributed by atoms with E-state index in [-0.39, 0.29) is 0 Å². The number of nitrogens with zero attached hydrogens (tertiary/aromatic N) is 4. The first-order valence-electron chi connectivity index (χ1n) is 7.70. The molecule has 0 atom stereocenters. The Kier molecular flexibility index (Phi) is 4.25. The van der Waals surface area contributed by atoms with Crippen molar-refractivity contribution in [2.75, 3.05) is 13.1 Å². The van der Waals surface area contributed by atoms with Gasteiger partial charge < -0.3 is 0 Å². The van der Waals surface area contributed by atoms with Gasteiger partial charge in [-0.05, 0) is 43.0 Å². The number of hydrogen-bond donors (Lipinski definition) is 0. The molecule has 0 saturated carbocycles. The van der Waals surface area contributed by atoms with Crippen LogP contribution in [0.1, 0.15) is 31.5 Å². The maximum atomic E-state index is 4.77. The van der Waals surface area contributed by atoms with Gasteiger partial charge in [0.05, 0.1) is 5.69 Å². The zero-order chi connectivity index (χ0) is 14.7. The fraction of sp³-hybridized carbons (Fsp3) is 0.471. The second-order valence-electron chi connectivity index (χ2n) is 6.12. The Hall–Kier alpha value is -1.81. The average Bonchev–Trinajstić information content (AvgIpc) is 2.53. The average molecular weight is 282 g/mol. The fourth-order valence-corrected chi connectivity index (χ4v) is 2.62. The molecule has 4 heteroatoms. The summed E-state index contributed by atoms with van der Waals surface area (Å²) in [6.45, 7) is 7.78. The molecule has 0 aliphatic carbocycles. The first kappa shape index (κ1) is 14.1. The zero-order valence-corrected chi connectivity index (χ0v) is 12.8. The first-order valence-corrected chi connectivity index (χ1v) is 7.70. The van der Waals surface area contributed by atoms with Crippen molar-refractivity contribution in [3.8, 4) is 11.4 Å². The number of pyridine rings is 1. The van der Waals surface area contributed by atoms with E-state index in [1.54, 1.807) is 6.20 Å². The van der Waals surface area contributed by atoms with Crippen LogP contribution < -0.4 is 0 Å². The van der Waals surface area contributed by atoms with Crippen LogP contribution in [0.25, 0.3) is 11.4 Å². The standard InChI is InChI=1S/C17H22N4/c1-13(2)5-8-21-9-6-14-11-19-17(20-16(14)12-21)15-4-3-7-18-10-15/h3-4,7,10-11,13H,5-6,8-9,12H2,1-2H3. The molecule has 4 nitrogen and oxygen atoms in total. The van der Waals surface area contributed by atoms with Gasteiger partial charge in [0, 0.05) is 37.2 Å². The minimum Gasteiger partial charge on any atom is -0.297 e. The van der Waals surface area contributed by atoms with Crippen molar-refractivity contribution in [3.63, 3.8) is 0 Å². The molecule has 0 aromatic carbocycles. The molecule has 0 fully saturated rings. The van der Waals surface area contributed by atoms with E-state index in [0.717, 1.165) is 43.4 Å².